The van der Waals surface area contributed by atoms with E-state index in [-0.39, 0.29) is 0 Å². The van der Waals surface area contributed by atoms with Crippen molar-refractivity contribution in [3.05, 3.63) is 130 Å². The highest BCUT2D eigenvalue weighted by Crippen LogP contribution is 2.63. The maximum absolute atomic E-state index is 6.74. The van der Waals surface area contributed by atoms with Crippen LogP contribution in [-0.2, 0) is 5.41 Å². The largest absolute Gasteiger partial charge is 0.455 e. The van der Waals surface area contributed by atoms with Crippen molar-refractivity contribution < 1.29 is 4.74 Å². The first kappa shape index (κ1) is 18.8. The fourth-order valence-electron chi connectivity index (χ4n) is 6.15. The summed E-state index contributed by atoms with van der Waals surface area (Å²) in [6.45, 7) is 0. The van der Waals surface area contributed by atoms with E-state index < -0.39 is 5.41 Å². The van der Waals surface area contributed by atoms with Crippen LogP contribution in [0.1, 0.15) is 22.3 Å². The first-order valence-electron chi connectivity index (χ1n) is 11.4. The van der Waals surface area contributed by atoms with Crippen molar-refractivity contribution >= 4 is 43.1 Å². The predicted molar refractivity (Wildman–Crippen MR) is 142 cm³/mol. The molecule has 6 aromatic rings. The van der Waals surface area contributed by atoms with Gasteiger partial charge in [0.05, 0.1) is 10.1 Å². The second kappa shape index (κ2) is 6.50. The highest BCUT2D eigenvalue weighted by molar-refractivity contribution is 7.26. The summed E-state index contributed by atoms with van der Waals surface area (Å²) in [5.74, 6) is 1.86. The van der Waals surface area contributed by atoms with E-state index in [0.29, 0.717) is 0 Å². The van der Waals surface area contributed by atoms with E-state index in [1.54, 1.807) is 11.3 Å². The summed E-state index contributed by atoms with van der Waals surface area (Å²) >= 11 is 8.42. The summed E-state index contributed by atoms with van der Waals surface area (Å²) in [4.78, 5) is 0. The lowest BCUT2D eigenvalue weighted by Crippen LogP contribution is -2.32. The summed E-state index contributed by atoms with van der Waals surface area (Å²) < 4.78 is 9.07. The fraction of sp³-hybridized carbons (Fsp3) is 0.0323. The van der Waals surface area contributed by atoms with Crippen molar-refractivity contribution in [2.24, 2.45) is 0 Å². The average Bonchev–Trinajstić information content (AvgIpc) is 3.41. The lowest BCUT2D eigenvalue weighted by Gasteiger charge is -2.39. The Morgan fingerprint density at radius 2 is 1.29 bits per heavy atom. The Kier molecular flexibility index (Phi) is 3.60. The zero-order valence-electron chi connectivity index (χ0n) is 18.0. The van der Waals surface area contributed by atoms with Gasteiger partial charge in [-0.05, 0) is 40.5 Å². The molecule has 2 heterocycles. The molecule has 0 bridgehead atoms. The van der Waals surface area contributed by atoms with Crippen LogP contribution in [0.15, 0.2) is 103 Å². The van der Waals surface area contributed by atoms with Crippen molar-refractivity contribution in [2.75, 3.05) is 0 Å². The average molecular weight is 473 g/mol. The van der Waals surface area contributed by atoms with Crippen molar-refractivity contribution in [3.63, 3.8) is 0 Å². The summed E-state index contributed by atoms with van der Waals surface area (Å²) in [6, 6.07) is 36.8. The lowest BCUT2D eigenvalue weighted by atomic mass is 9.66. The fourth-order valence-corrected chi connectivity index (χ4v) is 7.70. The molecule has 8 rings (SSSR count). The monoisotopic (exact) mass is 472 g/mol. The van der Waals surface area contributed by atoms with Gasteiger partial charge in [-0.1, -0.05) is 96.5 Å². The van der Waals surface area contributed by atoms with Crippen LogP contribution in [0.5, 0.6) is 11.5 Å². The Morgan fingerprint density at radius 3 is 2.06 bits per heavy atom. The zero-order chi connectivity index (χ0) is 22.4. The minimum Gasteiger partial charge on any atom is -0.455 e. The molecular weight excluding hydrogens is 456 g/mol. The quantitative estimate of drug-likeness (QED) is 0.214. The molecule has 0 atom stereocenters. The molecule has 160 valence electrons. The topological polar surface area (TPSA) is 9.23 Å². The van der Waals surface area contributed by atoms with Gasteiger partial charge in [0, 0.05) is 31.6 Å². The Balaban J connectivity index is 1.59. The number of para-hydroxylation sites is 1. The van der Waals surface area contributed by atoms with Crippen LogP contribution in [0.25, 0.3) is 31.3 Å². The number of hydrogen-bond acceptors (Lipinski definition) is 2. The molecule has 0 amide bonds. The first-order chi connectivity index (χ1) is 16.8. The summed E-state index contributed by atoms with van der Waals surface area (Å²) in [6.07, 6.45) is 0. The smallest absolute Gasteiger partial charge is 0.150 e. The van der Waals surface area contributed by atoms with Crippen molar-refractivity contribution in [1.29, 1.82) is 0 Å². The first-order valence-corrected chi connectivity index (χ1v) is 12.6. The third-order valence-electron chi connectivity index (χ3n) is 7.43. The molecular formula is C31H17ClOS. The lowest BCUT2D eigenvalue weighted by molar-refractivity contribution is 0.442. The third-order valence-corrected chi connectivity index (χ3v) is 8.91. The van der Waals surface area contributed by atoms with Gasteiger partial charge in [0.2, 0.25) is 0 Å². The van der Waals surface area contributed by atoms with Crippen molar-refractivity contribution in [1.82, 2.24) is 0 Å². The molecule has 0 saturated heterocycles. The number of benzene rings is 5. The highest BCUT2D eigenvalue weighted by Gasteiger charge is 2.51. The zero-order valence-corrected chi connectivity index (χ0v) is 19.6. The molecule has 1 spiro atoms. The standard InChI is InChI=1S/C31H17ClOS/c32-25-13-7-15-27-28(25)20-16-17-24-29(30(20)34-27)33-26-14-6-5-12-23(26)31(24)21-10-3-1-8-18(21)19-9-2-4-11-22(19)31/h1-17H. The normalized spacial score (nSPS) is 14.5. The molecule has 0 radical (unpaired) electrons. The van der Waals surface area contributed by atoms with Gasteiger partial charge in [-0.15, -0.1) is 11.3 Å². The second-order valence-electron chi connectivity index (χ2n) is 8.97. The van der Waals surface area contributed by atoms with E-state index in [9.17, 15) is 0 Å². The number of thiophene rings is 1. The van der Waals surface area contributed by atoms with E-state index in [1.165, 1.54) is 38.1 Å². The van der Waals surface area contributed by atoms with Crippen LogP contribution in [0, 0.1) is 0 Å². The molecule has 2 aliphatic rings. The molecule has 0 fully saturated rings. The minimum absolute atomic E-state index is 0.425. The predicted octanol–water partition coefficient (Wildman–Crippen LogP) is 9.18. The molecule has 34 heavy (non-hydrogen) atoms. The van der Waals surface area contributed by atoms with Gasteiger partial charge < -0.3 is 4.74 Å². The Morgan fingerprint density at radius 1 is 0.618 bits per heavy atom. The van der Waals surface area contributed by atoms with Gasteiger partial charge in [-0.2, -0.15) is 0 Å². The molecule has 1 aliphatic heterocycles. The molecule has 3 heteroatoms. The van der Waals surface area contributed by atoms with E-state index in [1.807, 2.05) is 12.1 Å². The van der Waals surface area contributed by atoms with Crippen molar-refractivity contribution in [3.8, 4) is 22.6 Å². The minimum atomic E-state index is -0.425. The van der Waals surface area contributed by atoms with E-state index in [0.717, 1.165) is 32.0 Å². The van der Waals surface area contributed by atoms with Crippen LogP contribution >= 0.6 is 22.9 Å². The van der Waals surface area contributed by atoms with Crippen molar-refractivity contribution in [2.45, 2.75) is 5.41 Å². The Labute approximate surface area is 205 Å². The van der Waals surface area contributed by atoms with Gasteiger partial charge in [-0.3, -0.25) is 0 Å². The maximum Gasteiger partial charge on any atom is 0.150 e. The van der Waals surface area contributed by atoms with Gasteiger partial charge >= 0.3 is 0 Å². The Bertz CT molecular complexity index is 1770. The van der Waals surface area contributed by atoms with Crippen LogP contribution in [-0.4, -0.2) is 0 Å². The number of rotatable bonds is 0. The molecule has 1 aromatic heterocycles. The molecule has 0 saturated carbocycles. The van der Waals surface area contributed by atoms with E-state index in [2.05, 4.69) is 91.0 Å². The molecule has 0 N–H and O–H groups in total. The van der Waals surface area contributed by atoms with Gasteiger partial charge in [0.25, 0.3) is 0 Å². The third kappa shape index (κ3) is 2.12. The highest BCUT2D eigenvalue weighted by atomic mass is 35.5. The Hall–Kier alpha value is -3.59. The van der Waals surface area contributed by atoms with E-state index in [4.69, 9.17) is 16.3 Å². The molecule has 1 aliphatic carbocycles. The number of hydrogen-bond donors (Lipinski definition) is 0. The van der Waals surface area contributed by atoms with Gasteiger partial charge in [0.1, 0.15) is 11.5 Å². The van der Waals surface area contributed by atoms with Crippen LogP contribution in [0.4, 0.5) is 0 Å². The van der Waals surface area contributed by atoms with Gasteiger partial charge in [-0.25, -0.2) is 0 Å². The molecule has 1 nitrogen and oxygen atoms in total. The molecule has 0 unspecified atom stereocenters. The number of ether oxygens (including phenoxy) is 1. The van der Waals surface area contributed by atoms with Gasteiger partial charge in [0.15, 0.2) is 0 Å². The van der Waals surface area contributed by atoms with Crippen LogP contribution in [0.2, 0.25) is 5.02 Å². The second-order valence-corrected chi connectivity index (χ2v) is 10.4. The van der Waals surface area contributed by atoms with E-state index >= 15 is 0 Å². The molecule has 5 aromatic carbocycles. The number of fused-ring (bicyclic) bond motifs is 13. The van der Waals surface area contributed by atoms with Crippen LogP contribution < -0.4 is 4.74 Å². The summed E-state index contributed by atoms with van der Waals surface area (Å²) in [5.41, 5.74) is 7.17. The van der Waals surface area contributed by atoms with Crippen LogP contribution in [0.3, 0.4) is 0 Å². The SMILES string of the molecule is Clc1cccc2sc3c4c(ccc3c12)C1(c2ccccc2O4)c2ccccc2-c2ccccc21. The number of halogens is 1. The summed E-state index contributed by atoms with van der Waals surface area (Å²) in [5, 5.41) is 3.04. The summed E-state index contributed by atoms with van der Waals surface area (Å²) in [7, 11) is 0. The maximum atomic E-state index is 6.74.